The molecule has 12 heteroatoms. The maximum atomic E-state index is 9.88. The lowest BCUT2D eigenvalue weighted by atomic mass is 10.1. The van der Waals surface area contributed by atoms with Crippen molar-refractivity contribution in [3.8, 4) is 17.3 Å². The first-order valence-corrected chi connectivity index (χ1v) is 10.5. The Balaban J connectivity index is 1.23. The minimum absolute atomic E-state index is 0.240. The smallest absolute Gasteiger partial charge is 0.296 e. The maximum Gasteiger partial charge on any atom is 0.296 e. The molecule has 1 aromatic carbocycles. The van der Waals surface area contributed by atoms with Crippen LogP contribution in [0.3, 0.4) is 0 Å². The van der Waals surface area contributed by atoms with Crippen molar-refractivity contribution in [2.75, 3.05) is 13.2 Å². The number of aromatic nitrogens is 7. The Morgan fingerprint density at radius 2 is 1.97 bits per heavy atom. The molecule has 0 spiro atoms. The highest BCUT2D eigenvalue weighted by Crippen LogP contribution is 2.32. The van der Waals surface area contributed by atoms with Crippen LogP contribution >= 0.6 is 11.6 Å². The largest absolute Gasteiger partial charge is 0.456 e. The summed E-state index contributed by atoms with van der Waals surface area (Å²) in [5.41, 5.74) is 3.68. The van der Waals surface area contributed by atoms with Crippen LogP contribution in [-0.4, -0.2) is 78.3 Å². The molecule has 0 amide bonds. The van der Waals surface area contributed by atoms with Gasteiger partial charge < -0.3 is 24.3 Å². The summed E-state index contributed by atoms with van der Waals surface area (Å²) in [7, 11) is 0. The van der Waals surface area contributed by atoms with Gasteiger partial charge in [0.2, 0.25) is 0 Å². The summed E-state index contributed by atoms with van der Waals surface area (Å²) in [6.45, 7) is 0.559. The van der Waals surface area contributed by atoms with Crippen LogP contribution in [0.15, 0.2) is 30.3 Å². The van der Waals surface area contributed by atoms with Gasteiger partial charge in [0, 0.05) is 12.0 Å². The molecule has 0 unspecified atom stereocenters. The number of imidazole rings is 1. The van der Waals surface area contributed by atoms with Gasteiger partial charge in [-0.3, -0.25) is 0 Å². The van der Waals surface area contributed by atoms with Gasteiger partial charge in [-0.05, 0) is 22.1 Å². The zero-order valence-corrected chi connectivity index (χ0v) is 17.4. The van der Waals surface area contributed by atoms with Gasteiger partial charge in [0.05, 0.1) is 29.4 Å². The topological polar surface area (TPSA) is 144 Å². The van der Waals surface area contributed by atoms with Gasteiger partial charge in [-0.15, -0.1) is 5.10 Å². The molecular formula is C20H18ClN7O4. The molecule has 3 aromatic heterocycles. The van der Waals surface area contributed by atoms with E-state index >= 15 is 0 Å². The summed E-state index contributed by atoms with van der Waals surface area (Å²) in [6, 6.07) is 9.93. The van der Waals surface area contributed by atoms with Gasteiger partial charge in [0.1, 0.15) is 18.3 Å². The van der Waals surface area contributed by atoms with Crippen LogP contribution in [0.2, 0.25) is 5.02 Å². The van der Waals surface area contributed by atoms with Crippen LogP contribution in [0.1, 0.15) is 11.4 Å². The number of hydrogen-bond donors (Lipinski definition) is 3. The first-order valence-electron chi connectivity index (χ1n) is 10.1. The summed E-state index contributed by atoms with van der Waals surface area (Å²) < 4.78 is 17.1. The molecule has 0 aliphatic carbocycles. The number of pyridine rings is 1. The van der Waals surface area contributed by atoms with E-state index in [1.165, 1.54) is 0 Å². The van der Waals surface area contributed by atoms with Gasteiger partial charge in [-0.2, -0.15) is 4.98 Å². The Labute approximate surface area is 186 Å². The zero-order valence-electron chi connectivity index (χ0n) is 16.6. The molecule has 11 nitrogen and oxygen atoms in total. The van der Waals surface area contributed by atoms with Crippen LogP contribution in [0.25, 0.3) is 22.4 Å². The molecular weight excluding hydrogens is 438 g/mol. The van der Waals surface area contributed by atoms with Crippen molar-refractivity contribution >= 4 is 22.8 Å². The van der Waals surface area contributed by atoms with E-state index in [0.29, 0.717) is 46.7 Å². The number of ether oxygens (including phenoxy) is 3. The van der Waals surface area contributed by atoms with Crippen LogP contribution in [0, 0.1) is 0 Å². The summed E-state index contributed by atoms with van der Waals surface area (Å²) in [6.07, 6.45) is -1.09. The number of rotatable bonds is 5. The van der Waals surface area contributed by atoms with Crippen LogP contribution < -0.4 is 4.74 Å². The molecule has 6 rings (SSSR count). The number of aliphatic hydroxyl groups is 1. The highest BCUT2D eigenvalue weighted by atomic mass is 35.5. The number of halogens is 1. The Morgan fingerprint density at radius 3 is 2.78 bits per heavy atom. The number of nitrogens with zero attached hydrogens (tertiary/aromatic N) is 5. The maximum absolute atomic E-state index is 9.88. The Bertz CT molecular complexity index is 1250. The number of H-pyrrole nitrogens is 2. The average Bonchev–Trinajstić information content (AvgIpc) is 3.56. The second-order valence-corrected chi connectivity index (χ2v) is 8.18. The minimum Gasteiger partial charge on any atom is -0.456 e. The molecule has 2 fully saturated rings. The molecule has 4 atom stereocenters. The second-order valence-electron chi connectivity index (χ2n) is 7.77. The van der Waals surface area contributed by atoms with E-state index in [-0.39, 0.29) is 24.9 Å². The minimum atomic E-state index is -0.633. The highest BCUT2D eigenvalue weighted by molar-refractivity contribution is 6.33. The Kier molecular flexibility index (Phi) is 4.76. The van der Waals surface area contributed by atoms with Crippen molar-refractivity contribution in [3.05, 3.63) is 46.7 Å². The van der Waals surface area contributed by atoms with Crippen molar-refractivity contribution in [2.45, 2.75) is 30.8 Å². The first kappa shape index (κ1) is 19.6. The van der Waals surface area contributed by atoms with Crippen molar-refractivity contribution in [2.24, 2.45) is 0 Å². The molecule has 0 saturated carbocycles. The molecule has 5 heterocycles. The molecule has 2 aliphatic rings. The van der Waals surface area contributed by atoms with Crippen LogP contribution in [-0.2, 0) is 15.9 Å². The lowest BCUT2D eigenvalue weighted by molar-refractivity contribution is 0.00706. The van der Waals surface area contributed by atoms with Gasteiger partial charge in [0.15, 0.2) is 17.6 Å². The molecule has 0 bridgehead atoms. The number of nitrogens with one attached hydrogen (secondary N) is 2. The Morgan fingerprint density at radius 1 is 1.12 bits per heavy atom. The van der Waals surface area contributed by atoms with E-state index in [4.69, 9.17) is 25.8 Å². The summed E-state index contributed by atoms with van der Waals surface area (Å²) in [5, 5.41) is 24.2. The van der Waals surface area contributed by atoms with E-state index in [2.05, 4.69) is 35.6 Å². The first-order chi connectivity index (χ1) is 15.6. The molecule has 2 saturated heterocycles. The van der Waals surface area contributed by atoms with E-state index in [1.807, 2.05) is 24.3 Å². The Hall–Kier alpha value is -3.12. The molecule has 2 aliphatic heterocycles. The molecule has 0 radical (unpaired) electrons. The van der Waals surface area contributed by atoms with Crippen molar-refractivity contribution in [1.29, 1.82) is 0 Å². The predicted molar refractivity (Wildman–Crippen MR) is 111 cm³/mol. The number of benzene rings is 1. The monoisotopic (exact) mass is 455 g/mol. The quantitative estimate of drug-likeness (QED) is 0.405. The zero-order chi connectivity index (χ0) is 21.7. The van der Waals surface area contributed by atoms with Gasteiger partial charge in [0.25, 0.3) is 6.01 Å². The third kappa shape index (κ3) is 3.48. The number of hydrogen-bond acceptors (Lipinski definition) is 9. The fourth-order valence-electron chi connectivity index (χ4n) is 4.07. The predicted octanol–water partition coefficient (Wildman–Crippen LogP) is 1.29. The van der Waals surface area contributed by atoms with E-state index in [0.717, 1.165) is 11.1 Å². The summed E-state index contributed by atoms with van der Waals surface area (Å²) in [5.74, 6) is 0.691. The van der Waals surface area contributed by atoms with Gasteiger partial charge in [-0.25, -0.2) is 10.1 Å². The van der Waals surface area contributed by atoms with E-state index in [1.54, 1.807) is 6.07 Å². The molecule has 164 valence electrons. The lowest BCUT2D eigenvalue weighted by Crippen LogP contribution is -2.34. The van der Waals surface area contributed by atoms with E-state index < -0.39 is 6.10 Å². The average molecular weight is 456 g/mol. The number of aliphatic hydroxyl groups excluding tert-OH is 1. The fourth-order valence-corrected chi connectivity index (χ4v) is 4.33. The second kappa shape index (κ2) is 7.78. The normalized spacial score (nSPS) is 24.8. The lowest BCUT2D eigenvalue weighted by Gasteiger charge is -2.15. The summed E-state index contributed by atoms with van der Waals surface area (Å²) >= 11 is 6.51. The fraction of sp³-hybridized carbons (Fsp3) is 0.350. The van der Waals surface area contributed by atoms with Crippen molar-refractivity contribution in [1.82, 2.24) is 35.6 Å². The molecule has 3 N–H and O–H groups in total. The van der Waals surface area contributed by atoms with Crippen LogP contribution in [0.4, 0.5) is 0 Å². The van der Waals surface area contributed by atoms with Crippen LogP contribution in [0.5, 0.6) is 6.01 Å². The standard InChI is InChI=1S/C20H18ClN7O4/c21-11-6-12-19(24-20(22-12)32-14-8-31-17-13(29)7-30-18(14)17)23-16(11)10-3-1-9(2-4-10)5-15-25-27-28-26-15/h1-4,6,13-14,17-18,29H,5,7-8H2,(H,22,23,24)(H,25,26,27,28)/t13-,14-,17-,18-/m1/s1. The number of aromatic amines is 2. The van der Waals surface area contributed by atoms with Gasteiger partial charge >= 0.3 is 0 Å². The number of tetrazole rings is 1. The van der Waals surface area contributed by atoms with Gasteiger partial charge in [-0.1, -0.05) is 35.9 Å². The van der Waals surface area contributed by atoms with E-state index in [9.17, 15) is 5.11 Å². The molecule has 32 heavy (non-hydrogen) atoms. The van der Waals surface area contributed by atoms with Crippen molar-refractivity contribution < 1.29 is 19.3 Å². The third-order valence-corrected chi connectivity index (χ3v) is 5.93. The third-order valence-electron chi connectivity index (χ3n) is 5.64. The SMILES string of the molecule is O[C@@H]1CO[C@H]2[C@@H]1OC[C@H]2Oc1nc2nc(-c3ccc(Cc4nnn[nH]4)cc3)c(Cl)cc2[nH]1. The number of fused-ring (bicyclic) bond motifs is 2. The summed E-state index contributed by atoms with van der Waals surface area (Å²) in [4.78, 5) is 12.2. The highest BCUT2D eigenvalue weighted by Gasteiger charge is 2.48. The molecule has 4 aromatic rings. The van der Waals surface area contributed by atoms with Crippen molar-refractivity contribution in [3.63, 3.8) is 0 Å².